The number of piperidine rings is 1. The normalized spacial score (nSPS) is 28.3. The maximum atomic E-state index is 12.3. The van der Waals surface area contributed by atoms with Gasteiger partial charge in [-0.05, 0) is 32.2 Å². The van der Waals surface area contributed by atoms with Crippen LogP contribution in [0.25, 0.3) is 0 Å². The van der Waals surface area contributed by atoms with Gasteiger partial charge < -0.3 is 15.1 Å². The Morgan fingerprint density at radius 1 is 0.842 bits per heavy atom. The molecular weight excluding hydrogens is 242 g/mol. The van der Waals surface area contributed by atoms with E-state index in [1.807, 2.05) is 9.80 Å². The van der Waals surface area contributed by atoms with Crippen molar-refractivity contribution in [3.63, 3.8) is 0 Å². The summed E-state index contributed by atoms with van der Waals surface area (Å²) >= 11 is 0. The molecule has 106 valence electrons. The summed E-state index contributed by atoms with van der Waals surface area (Å²) in [7, 11) is 0. The molecule has 3 rings (SSSR count). The van der Waals surface area contributed by atoms with Gasteiger partial charge in [0, 0.05) is 32.1 Å². The van der Waals surface area contributed by atoms with Crippen LogP contribution in [0.1, 0.15) is 32.1 Å². The largest absolute Gasteiger partial charge is 0.339 e. The van der Waals surface area contributed by atoms with Crippen molar-refractivity contribution in [1.82, 2.24) is 15.1 Å². The first-order valence-corrected chi connectivity index (χ1v) is 7.56. The SMILES string of the molecule is O=C(C1CC1)N1CCN(C(=O)C2CCCCN2)CC1. The van der Waals surface area contributed by atoms with Gasteiger partial charge in [0.2, 0.25) is 11.8 Å². The molecule has 19 heavy (non-hydrogen) atoms. The molecular formula is C14H23N3O2. The lowest BCUT2D eigenvalue weighted by Crippen LogP contribution is -2.56. The van der Waals surface area contributed by atoms with Gasteiger partial charge in [-0.25, -0.2) is 0 Å². The number of hydrogen-bond acceptors (Lipinski definition) is 3. The number of amides is 2. The van der Waals surface area contributed by atoms with Gasteiger partial charge in [-0.3, -0.25) is 9.59 Å². The molecule has 3 fully saturated rings. The van der Waals surface area contributed by atoms with Gasteiger partial charge in [-0.2, -0.15) is 0 Å². The highest BCUT2D eigenvalue weighted by atomic mass is 16.2. The van der Waals surface area contributed by atoms with Crippen LogP contribution in [-0.2, 0) is 9.59 Å². The molecule has 1 N–H and O–H groups in total. The molecule has 5 nitrogen and oxygen atoms in total. The monoisotopic (exact) mass is 265 g/mol. The minimum absolute atomic E-state index is 0.0134. The highest BCUT2D eigenvalue weighted by Crippen LogP contribution is 2.31. The van der Waals surface area contributed by atoms with E-state index >= 15 is 0 Å². The minimum Gasteiger partial charge on any atom is -0.339 e. The van der Waals surface area contributed by atoms with Crippen LogP contribution in [0.5, 0.6) is 0 Å². The van der Waals surface area contributed by atoms with E-state index in [9.17, 15) is 9.59 Å². The van der Waals surface area contributed by atoms with Crippen LogP contribution in [0.4, 0.5) is 0 Å². The number of carbonyl (C=O) groups excluding carboxylic acids is 2. The Kier molecular flexibility index (Phi) is 3.73. The van der Waals surface area contributed by atoms with Gasteiger partial charge in [0.25, 0.3) is 0 Å². The molecule has 2 heterocycles. The number of nitrogens with one attached hydrogen (secondary N) is 1. The van der Waals surface area contributed by atoms with E-state index in [-0.39, 0.29) is 11.9 Å². The Balaban J connectivity index is 1.48. The van der Waals surface area contributed by atoms with E-state index in [0.717, 1.165) is 32.2 Å². The Labute approximate surface area is 114 Å². The molecule has 0 radical (unpaired) electrons. The number of piperazine rings is 1. The van der Waals surface area contributed by atoms with E-state index in [4.69, 9.17) is 0 Å². The molecule has 1 aliphatic carbocycles. The second-order valence-corrected chi connectivity index (χ2v) is 5.93. The molecule has 2 aliphatic heterocycles. The van der Waals surface area contributed by atoms with Crippen molar-refractivity contribution in [3.05, 3.63) is 0 Å². The summed E-state index contributed by atoms with van der Waals surface area (Å²) in [5, 5.41) is 3.31. The summed E-state index contributed by atoms with van der Waals surface area (Å²) in [6, 6.07) is 0.0134. The number of hydrogen-bond donors (Lipinski definition) is 1. The lowest BCUT2D eigenvalue weighted by molar-refractivity contribution is -0.141. The van der Waals surface area contributed by atoms with E-state index in [2.05, 4.69) is 5.32 Å². The highest BCUT2D eigenvalue weighted by molar-refractivity contribution is 5.83. The highest BCUT2D eigenvalue weighted by Gasteiger charge is 2.36. The van der Waals surface area contributed by atoms with Crippen molar-refractivity contribution in [2.24, 2.45) is 5.92 Å². The van der Waals surface area contributed by atoms with Crippen LogP contribution >= 0.6 is 0 Å². The summed E-state index contributed by atoms with van der Waals surface area (Å²) in [6.45, 7) is 3.79. The number of carbonyl (C=O) groups is 2. The maximum absolute atomic E-state index is 12.3. The smallest absolute Gasteiger partial charge is 0.239 e. The molecule has 1 atom stereocenters. The van der Waals surface area contributed by atoms with Crippen molar-refractivity contribution in [3.8, 4) is 0 Å². The second-order valence-electron chi connectivity index (χ2n) is 5.93. The molecule has 1 unspecified atom stereocenters. The third kappa shape index (κ3) is 2.91. The predicted octanol–water partition coefficient (Wildman–Crippen LogP) is 0.209. The van der Waals surface area contributed by atoms with Crippen molar-refractivity contribution in [1.29, 1.82) is 0 Å². The van der Waals surface area contributed by atoms with Gasteiger partial charge in [0.15, 0.2) is 0 Å². The summed E-state index contributed by atoms with van der Waals surface area (Å²) in [4.78, 5) is 28.2. The molecule has 3 aliphatic rings. The zero-order valence-electron chi connectivity index (χ0n) is 11.4. The average Bonchev–Trinajstić information content (AvgIpc) is 3.31. The standard InChI is InChI=1S/C14H23N3O2/c18-13(11-4-5-11)16-7-9-17(10-8-16)14(19)12-3-1-2-6-15-12/h11-12,15H,1-10H2. The topological polar surface area (TPSA) is 52.7 Å². The van der Waals surface area contributed by atoms with Gasteiger partial charge >= 0.3 is 0 Å². The fraction of sp³-hybridized carbons (Fsp3) is 0.857. The van der Waals surface area contributed by atoms with Crippen molar-refractivity contribution in [2.75, 3.05) is 32.7 Å². The quantitative estimate of drug-likeness (QED) is 0.776. The molecule has 2 amide bonds. The Hall–Kier alpha value is -1.10. The summed E-state index contributed by atoms with van der Waals surface area (Å²) in [5.41, 5.74) is 0. The van der Waals surface area contributed by atoms with Gasteiger partial charge in [-0.1, -0.05) is 6.42 Å². The zero-order chi connectivity index (χ0) is 13.2. The molecule has 0 bridgehead atoms. The first-order chi connectivity index (χ1) is 9.25. The fourth-order valence-electron chi connectivity index (χ4n) is 3.02. The third-order valence-corrected chi connectivity index (χ3v) is 4.44. The summed E-state index contributed by atoms with van der Waals surface area (Å²) in [6.07, 6.45) is 5.39. The van der Waals surface area contributed by atoms with Crippen molar-refractivity contribution < 1.29 is 9.59 Å². The Morgan fingerprint density at radius 2 is 1.47 bits per heavy atom. The van der Waals surface area contributed by atoms with Crippen LogP contribution in [0.2, 0.25) is 0 Å². The Morgan fingerprint density at radius 3 is 2.00 bits per heavy atom. The lowest BCUT2D eigenvalue weighted by atomic mass is 10.0. The average molecular weight is 265 g/mol. The van der Waals surface area contributed by atoms with Crippen LogP contribution < -0.4 is 5.32 Å². The van der Waals surface area contributed by atoms with E-state index in [1.165, 1.54) is 6.42 Å². The Bertz CT molecular complexity index is 354. The maximum Gasteiger partial charge on any atom is 0.239 e. The molecule has 0 aromatic rings. The van der Waals surface area contributed by atoms with Crippen LogP contribution in [0.15, 0.2) is 0 Å². The minimum atomic E-state index is 0.0134. The second kappa shape index (κ2) is 5.49. The van der Waals surface area contributed by atoms with Crippen LogP contribution in [0.3, 0.4) is 0 Å². The van der Waals surface area contributed by atoms with Gasteiger partial charge in [0.1, 0.15) is 0 Å². The van der Waals surface area contributed by atoms with Crippen LogP contribution in [-0.4, -0.2) is 60.4 Å². The summed E-state index contributed by atoms with van der Waals surface area (Å²) in [5.74, 6) is 0.836. The van der Waals surface area contributed by atoms with E-state index < -0.39 is 0 Å². The van der Waals surface area contributed by atoms with Crippen molar-refractivity contribution >= 4 is 11.8 Å². The lowest BCUT2D eigenvalue weighted by Gasteiger charge is -2.37. The van der Waals surface area contributed by atoms with E-state index in [0.29, 0.717) is 38.0 Å². The third-order valence-electron chi connectivity index (χ3n) is 4.44. The van der Waals surface area contributed by atoms with Gasteiger partial charge in [-0.15, -0.1) is 0 Å². The van der Waals surface area contributed by atoms with Crippen LogP contribution in [0, 0.1) is 5.92 Å². The zero-order valence-corrected chi connectivity index (χ0v) is 11.4. The fourth-order valence-corrected chi connectivity index (χ4v) is 3.02. The predicted molar refractivity (Wildman–Crippen MR) is 71.5 cm³/mol. The first-order valence-electron chi connectivity index (χ1n) is 7.56. The summed E-state index contributed by atoms with van der Waals surface area (Å²) < 4.78 is 0. The molecule has 0 aromatic carbocycles. The number of rotatable bonds is 2. The van der Waals surface area contributed by atoms with E-state index in [1.54, 1.807) is 0 Å². The van der Waals surface area contributed by atoms with Gasteiger partial charge in [0.05, 0.1) is 6.04 Å². The number of nitrogens with zero attached hydrogens (tertiary/aromatic N) is 2. The first kappa shape index (κ1) is 12.9. The molecule has 5 heteroatoms. The molecule has 2 saturated heterocycles. The van der Waals surface area contributed by atoms with Crippen molar-refractivity contribution in [2.45, 2.75) is 38.1 Å². The molecule has 0 spiro atoms. The molecule has 0 aromatic heterocycles. The molecule has 1 saturated carbocycles.